The Labute approximate surface area is 209 Å². The predicted octanol–water partition coefficient (Wildman–Crippen LogP) is 5.66. The Kier molecular flexibility index (Phi) is 11.2. The van der Waals surface area contributed by atoms with Crippen LogP contribution in [0.3, 0.4) is 0 Å². The second kappa shape index (κ2) is 13.8. The van der Waals surface area contributed by atoms with Gasteiger partial charge >= 0.3 is 5.97 Å². The number of rotatable bonds is 14. The summed E-state index contributed by atoms with van der Waals surface area (Å²) in [4.78, 5) is 23.7. The van der Waals surface area contributed by atoms with E-state index >= 15 is 0 Å². The molecule has 7 nitrogen and oxygen atoms in total. The van der Waals surface area contributed by atoms with Gasteiger partial charge in [0.15, 0.2) is 12.4 Å². The lowest BCUT2D eigenvalue weighted by atomic mass is 10.0. The second-order valence-corrected chi connectivity index (χ2v) is 8.62. The van der Waals surface area contributed by atoms with E-state index in [2.05, 4.69) is 20.7 Å². The van der Waals surface area contributed by atoms with Crippen LogP contribution in [-0.2, 0) is 22.4 Å². The van der Waals surface area contributed by atoms with Gasteiger partial charge in [-0.05, 0) is 60.0 Å². The summed E-state index contributed by atoms with van der Waals surface area (Å²) in [5.41, 5.74) is 2.00. The van der Waals surface area contributed by atoms with Crippen molar-refractivity contribution in [2.75, 3.05) is 26.9 Å². The summed E-state index contributed by atoms with van der Waals surface area (Å²) in [6, 6.07) is 6.94. The third-order valence-electron chi connectivity index (χ3n) is 5.15. The van der Waals surface area contributed by atoms with Crippen molar-refractivity contribution >= 4 is 27.7 Å². The van der Waals surface area contributed by atoms with Gasteiger partial charge in [0.1, 0.15) is 23.0 Å². The minimum Gasteiger partial charge on any atom is -0.506 e. The van der Waals surface area contributed by atoms with Gasteiger partial charge in [-0.2, -0.15) is 0 Å². The normalized spacial score (nSPS) is 10.6. The van der Waals surface area contributed by atoms with Gasteiger partial charge in [-0.1, -0.05) is 26.7 Å². The lowest BCUT2D eigenvalue weighted by molar-refractivity contribution is -0.142. The van der Waals surface area contributed by atoms with Crippen molar-refractivity contribution < 1.29 is 33.6 Å². The summed E-state index contributed by atoms with van der Waals surface area (Å²) in [6.45, 7) is 6.04. The van der Waals surface area contributed by atoms with E-state index in [1.54, 1.807) is 18.2 Å². The zero-order chi connectivity index (χ0) is 25.1. The van der Waals surface area contributed by atoms with Gasteiger partial charge in [0, 0.05) is 17.5 Å². The van der Waals surface area contributed by atoms with Gasteiger partial charge in [0.05, 0.1) is 30.4 Å². The predicted molar refractivity (Wildman–Crippen MR) is 133 cm³/mol. The number of Topliss-reactive ketones (excluding diaryl/α,β-unsaturated/α-hetero) is 1. The zero-order valence-corrected chi connectivity index (χ0v) is 21.8. The van der Waals surface area contributed by atoms with E-state index < -0.39 is 5.97 Å². The summed E-state index contributed by atoms with van der Waals surface area (Å²) >= 11 is 3.35. The standard InChI is InChI=1S/C26H33BrO7/c1-5-8-19-22(13-11-21(27)25(19)30)32-14-7-15-33-26-18(17(3)28)10-12-23(20(26)9-6-2)34-16-24(29)31-4/h10-13,30H,5-9,14-16H2,1-4H3. The number of hydrogen-bond acceptors (Lipinski definition) is 7. The number of methoxy groups -OCH3 is 1. The number of benzene rings is 2. The first-order chi connectivity index (χ1) is 16.3. The highest BCUT2D eigenvalue weighted by Crippen LogP contribution is 2.36. The van der Waals surface area contributed by atoms with Gasteiger partial charge in [-0.3, -0.25) is 4.79 Å². The number of esters is 1. The molecule has 34 heavy (non-hydrogen) atoms. The van der Waals surface area contributed by atoms with E-state index in [9.17, 15) is 14.7 Å². The molecule has 0 aliphatic rings. The van der Waals surface area contributed by atoms with Gasteiger partial charge < -0.3 is 24.1 Å². The summed E-state index contributed by atoms with van der Waals surface area (Å²) in [5.74, 6) is 1.23. The summed E-state index contributed by atoms with van der Waals surface area (Å²) in [7, 11) is 1.30. The number of hydrogen-bond donors (Lipinski definition) is 1. The molecule has 0 fully saturated rings. The van der Waals surface area contributed by atoms with E-state index in [1.165, 1.54) is 14.0 Å². The largest absolute Gasteiger partial charge is 0.506 e. The molecular weight excluding hydrogens is 504 g/mol. The molecule has 2 rings (SSSR count). The van der Waals surface area contributed by atoms with Crippen molar-refractivity contribution in [1.29, 1.82) is 0 Å². The molecule has 0 aliphatic carbocycles. The number of phenolic OH excluding ortho intramolecular Hbond substituents is 1. The zero-order valence-electron chi connectivity index (χ0n) is 20.2. The Hall–Kier alpha value is -2.74. The molecule has 0 spiro atoms. The van der Waals surface area contributed by atoms with Gasteiger partial charge in [0.2, 0.25) is 0 Å². The molecule has 0 bridgehead atoms. The van der Waals surface area contributed by atoms with Crippen LogP contribution in [0.15, 0.2) is 28.7 Å². The first-order valence-corrected chi connectivity index (χ1v) is 12.3. The fourth-order valence-electron chi connectivity index (χ4n) is 3.50. The molecule has 0 saturated heterocycles. The number of ketones is 1. The van der Waals surface area contributed by atoms with Crippen molar-refractivity contribution in [3.05, 3.63) is 45.4 Å². The fraction of sp³-hybridized carbons (Fsp3) is 0.462. The first-order valence-electron chi connectivity index (χ1n) is 11.5. The highest BCUT2D eigenvalue weighted by atomic mass is 79.9. The monoisotopic (exact) mass is 536 g/mol. The van der Waals surface area contributed by atoms with E-state index in [1.807, 2.05) is 19.9 Å². The average Bonchev–Trinajstić information content (AvgIpc) is 2.82. The molecule has 0 saturated carbocycles. The smallest absolute Gasteiger partial charge is 0.343 e. The fourth-order valence-corrected chi connectivity index (χ4v) is 3.87. The van der Waals surface area contributed by atoms with Crippen LogP contribution in [0.25, 0.3) is 0 Å². The molecule has 0 atom stereocenters. The molecule has 1 N–H and O–H groups in total. The SMILES string of the molecule is CCCc1c(OCCCOc2c(C(C)=O)ccc(OCC(=O)OC)c2CCC)ccc(Br)c1O. The van der Waals surface area contributed by atoms with Crippen LogP contribution >= 0.6 is 15.9 Å². The Morgan fingerprint density at radius 2 is 1.53 bits per heavy atom. The Balaban J connectivity index is 2.11. The maximum Gasteiger partial charge on any atom is 0.343 e. The van der Waals surface area contributed by atoms with Crippen LogP contribution in [0.4, 0.5) is 0 Å². The molecule has 0 amide bonds. The van der Waals surface area contributed by atoms with Crippen LogP contribution in [0.2, 0.25) is 0 Å². The number of phenols is 1. The molecule has 2 aromatic carbocycles. The topological polar surface area (TPSA) is 91.3 Å². The third-order valence-corrected chi connectivity index (χ3v) is 5.79. The lowest BCUT2D eigenvalue weighted by Gasteiger charge is -2.19. The van der Waals surface area contributed by atoms with Gasteiger partial charge in [0.25, 0.3) is 0 Å². The number of ether oxygens (including phenoxy) is 4. The van der Waals surface area contributed by atoms with E-state index in [-0.39, 0.29) is 18.1 Å². The molecule has 8 heteroatoms. The molecule has 0 aliphatic heterocycles. The number of aromatic hydroxyl groups is 1. The van der Waals surface area contributed by atoms with E-state index in [0.29, 0.717) is 59.8 Å². The first kappa shape index (κ1) is 27.5. The number of carbonyl (C=O) groups excluding carboxylic acids is 2. The minimum absolute atomic E-state index is 0.113. The summed E-state index contributed by atoms with van der Waals surface area (Å²) in [6.07, 6.45) is 3.59. The van der Waals surface area contributed by atoms with Crippen LogP contribution in [0.5, 0.6) is 23.0 Å². The molecule has 0 aromatic heterocycles. The minimum atomic E-state index is -0.487. The van der Waals surface area contributed by atoms with E-state index in [4.69, 9.17) is 14.2 Å². The maximum atomic E-state index is 12.2. The quantitative estimate of drug-likeness (QED) is 0.189. The van der Waals surface area contributed by atoms with Gasteiger partial charge in [-0.25, -0.2) is 4.79 Å². The molecule has 0 radical (unpaired) electrons. The van der Waals surface area contributed by atoms with Crippen molar-refractivity contribution in [3.63, 3.8) is 0 Å². The van der Waals surface area contributed by atoms with E-state index in [0.717, 1.165) is 24.0 Å². The molecule has 186 valence electrons. The molecule has 0 heterocycles. The lowest BCUT2D eigenvalue weighted by Crippen LogP contribution is -2.15. The van der Waals surface area contributed by atoms with Crippen molar-refractivity contribution in [2.24, 2.45) is 0 Å². The summed E-state index contributed by atoms with van der Waals surface area (Å²) in [5, 5.41) is 10.3. The van der Waals surface area contributed by atoms with Gasteiger partial charge in [-0.15, -0.1) is 0 Å². The average molecular weight is 537 g/mol. The number of halogens is 1. The van der Waals surface area contributed by atoms with Crippen LogP contribution in [-0.4, -0.2) is 43.8 Å². The Morgan fingerprint density at radius 3 is 2.18 bits per heavy atom. The van der Waals surface area contributed by atoms with Crippen LogP contribution in [0, 0.1) is 0 Å². The second-order valence-electron chi connectivity index (χ2n) is 7.76. The molecule has 2 aromatic rings. The highest BCUT2D eigenvalue weighted by Gasteiger charge is 2.19. The van der Waals surface area contributed by atoms with Crippen LogP contribution in [0.1, 0.15) is 61.5 Å². The highest BCUT2D eigenvalue weighted by molar-refractivity contribution is 9.10. The third kappa shape index (κ3) is 7.38. The Morgan fingerprint density at radius 1 is 0.912 bits per heavy atom. The maximum absolute atomic E-state index is 12.2. The van der Waals surface area contributed by atoms with Crippen molar-refractivity contribution in [3.8, 4) is 23.0 Å². The van der Waals surface area contributed by atoms with Crippen LogP contribution < -0.4 is 14.2 Å². The van der Waals surface area contributed by atoms with Crippen molar-refractivity contribution in [2.45, 2.75) is 52.9 Å². The number of carbonyl (C=O) groups is 2. The Bertz CT molecular complexity index is 988. The molecule has 0 unspecified atom stereocenters. The molecular formula is C26H33BrO7. The summed E-state index contributed by atoms with van der Waals surface area (Å²) < 4.78 is 22.9. The van der Waals surface area contributed by atoms with Crippen molar-refractivity contribution in [1.82, 2.24) is 0 Å².